The van der Waals surface area contributed by atoms with E-state index in [9.17, 15) is 14.7 Å². The fourth-order valence-corrected chi connectivity index (χ4v) is 1.68. The molecule has 0 aromatic heterocycles. The molecule has 0 aliphatic heterocycles. The molecule has 6 N–H and O–H groups in total. The van der Waals surface area contributed by atoms with Crippen LogP contribution in [0.1, 0.15) is 26.3 Å². The normalized spacial score (nSPS) is 14.0. The largest absolute Gasteiger partial charge is 0.479 e. The Morgan fingerprint density at radius 3 is 2.36 bits per heavy atom. The highest BCUT2D eigenvalue weighted by Crippen LogP contribution is 2.21. The van der Waals surface area contributed by atoms with Crippen molar-refractivity contribution in [2.45, 2.75) is 38.8 Å². The van der Waals surface area contributed by atoms with Crippen molar-refractivity contribution < 1.29 is 19.4 Å². The molecule has 7 heteroatoms. The molecule has 22 heavy (non-hydrogen) atoms. The van der Waals surface area contributed by atoms with Crippen LogP contribution in [0.3, 0.4) is 0 Å². The molecule has 0 radical (unpaired) electrons. The number of hydrogen-bond donors (Lipinski definition) is 4. The zero-order valence-electron chi connectivity index (χ0n) is 13.3. The molecular formula is C15H23N3O4. The van der Waals surface area contributed by atoms with Crippen LogP contribution < -0.4 is 16.8 Å². The number of carbonyl (C=O) groups is 2. The second-order valence-corrected chi connectivity index (χ2v) is 6.22. The monoisotopic (exact) mass is 309 g/mol. The number of carbonyl (C=O) groups excluding carboxylic acids is 1. The molecule has 1 aromatic rings. The minimum Gasteiger partial charge on any atom is -0.479 e. The summed E-state index contributed by atoms with van der Waals surface area (Å²) in [6, 6.07) is 5.24. The molecule has 0 aliphatic carbocycles. The van der Waals surface area contributed by atoms with Gasteiger partial charge in [0.05, 0.1) is 17.9 Å². The zero-order chi connectivity index (χ0) is 17.1. The highest BCUT2D eigenvalue weighted by molar-refractivity contribution is 6.04. The van der Waals surface area contributed by atoms with Crippen LogP contribution in [0.5, 0.6) is 0 Å². The standard InChI is InChI=1S/C15H23N3O4/c1-9-5-6-11(10(16)7-9)18-8-15(17,12(19)20)13(21)22-14(2,3)4/h5-7,18H,8,16-17H2,1-4H3,(H,19,20)/t15-/m0/s1. The summed E-state index contributed by atoms with van der Waals surface area (Å²) in [6.45, 7) is 6.45. The summed E-state index contributed by atoms with van der Waals surface area (Å²) in [4.78, 5) is 23.5. The number of carboxylic acid groups (broad SMARTS) is 1. The molecule has 0 saturated carbocycles. The van der Waals surface area contributed by atoms with Crippen molar-refractivity contribution in [1.82, 2.24) is 0 Å². The predicted octanol–water partition coefficient (Wildman–Crippen LogP) is 1.11. The number of benzene rings is 1. The minimum atomic E-state index is -2.20. The summed E-state index contributed by atoms with van der Waals surface area (Å²) in [7, 11) is 0. The van der Waals surface area contributed by atoms with Gasteiger partial charge in [-0.15, -0.1) is 0 Å². The van der Waals surface area contributed by atoms with Crippen molar-refractivity contribution in [2.24, 2.45) is 5.73 Å². The second kappa shape index (κ2) is 6.23. The Kier molecular flexibility index (Phi) is 5.03. The summed E-state index contributed by atoms with van der Waals surface area (Å²) >= 11 is 0. The molecule has 0 aliphatic rings. The topological polar surface area (TPSA) is 128 Å². The van der Waals surface area contributed by atoms with E-state index in [1.807, 2.05) is 13.0 Å². The summed E-state index contributed by atoms with van der Waals surface area (Å²) in [5, 5.41) is 12.1. The van der Waals surface area contributed by atoms with Crippen LogP contribution in [0.15, 0.2) is 18.2 Å². The molecule has 0 heterocycles. The summed E-state index contributed by atoms with van der Waals surface area (Å²) in [5.41, 5.74) is 10.5. The SMILES string of the molecule is Cc1ccc(NC[C@](N)(C(=O)O)C(=O)OC(C)(C)C)c(N)c1. The third kappa shape index (κ3) is 4.36. The highest BCUT2D eigenvalue weighted by atomic mass is 16.6. The number of esters is 1. The molecule has 0 bridgehead atoms. The lowest BCUT2D eigenvalue weighted by Gasteiger charge is -2.28. The van der Waals surface area contributed by atoms with Crippen LogP contribution in [0.2, 0.25) is 0 Å². The van der Waals surface area contributed by atoms with Crippen LogP contribution in [0.25, 0.3) is 0 Å². The fraction of sp³-hybridized carbons (Fsp3) is 0.467. The molecule has 1 aromatic carbocycles. The first-order valence-corrected chi connectivity index (χ1v) is 6.81. The number of nitrogen functional groups attached to an aromatic ring is 1. The van der Waals surface area contributed by atoms with Crippen molar-refractivity contribution in [3.05, 3.63) is 23.8 Å². The Balaban J connectivity index is 2.92. The quantitative estimate of drug-likeness (QED) is 0.364. The maximum atomic E-state index is 12.1. The lowest BCUT2D eigenvalue weighted by Crippen LogP contribution is -2.61. The van der Waals surface area contributed by atoms with Crippen LogP contribution in [0.4, 0.5) is 11.4 Å². The Labute approximate surface area is 129 Å². The van der Waals surface area contributed by atoms with Crippen LogP contribution in [-0.2, 0) is 14.3 Å². The van der Waals surface area contributed by atoms with Gasteiger partial charge in [0.1, 0.15) is 5.60 Å². The molecule has 0 amide bonds. The van der Waals surface area contributed by atoms with Crippen molar-refractivity contribution in [3.8, 4) is 0 Å². The van der Waals surface area contributed by atoms with Gasteiger partial charge >= 0.3 is 11.9 Å². The third-order valence-electron chi connectivity index (χ3n) is 2.91. The van der Waals surface area contributed by atoms with E-state index in [1.165, 1.54) is 0 Å². The summed E-state index contributed by atoms with van der Waals surface area (Å²) in [5.74, 6) is -2.48. The lowest BCUT2D eigenvalue weighted by atomic mass is 10.0. The van der Waals surface area contributed by atoms with Crippen molar-refractivity contribution in [3.63, 3.8) is 0 Å². The van der Waals surface area contributed by atoms with Crippen LogP contribution in [-0.4, -0.2) is 34.7 Å². The number of aryl methyl sites for hydroxylation is 1. The Bertz CT molecular complexity index is 581. The zero-order valence-corrected chi connectivity index (χ0v) is 13.3. The molecule has 1 rings (SSSR count). The predicted molar refractivity (Wildman–Crippen MR) is 84.5 cm³/mol. The number of nitrogens with two attached hydrogens (primary N) is 2. The number of ether oxygens (including phenoxy) is 1. The Morgan fingerprint density at radius 2 is 1.91 bits per heavy atom. The Hall–Kier alpha value is -2.28. The third-order valence-corrected chi connectivity index (χ3v) is 2.91. The molecule has 0 spiro atoms. The van der Waals surface area contributed by atoms with Gasteiger partial charge < -0.3 is 26.6 Å². The molecular weight excluding hydrogens is 286 g/mol. The van der Waals surface area contributed by atoms with Crippen molar-refractivity contribution in [1.29, 1.82) is 0 Å². The average Bonchev–Trinajstić information content (AvgIpc) is 2.34. The second-order valence-electron chi connectivity index (χ2n) is 6.22. The van der Waals surface area contributed by atoms with Gasteiger partial charge in [0, 0.05) is 0 Å². The van der Waals surface area contributed by atoms with Gasteiger partial charge in [0.2, 0.25) is 5.54 Å². The summed E-state index contributed by atoms with van der Waals surface area (Å²) in [6.07, 6.45) is 0. The van der Waals surface area contributed by atoms with Gasteiger partial charge in [-0.05, 0) is 45.4 Å². The highest BCUT2D eigenvalue weighted by Gasteiger charge is 2.45. The van der Waals surface area contributed by atoms with E-state index in [4.69, 9.17) is 16.2 Å². The smallest absolute Gasteiger partial charge is 0.340 e. The van der Waals surface area contributed by atoms with E-state index in [0.717, 1.165) is 5.56 Å². The molecule has 0 unspecified atom stereocenters. The summed E-state index contributed by atoms with van der Waals surface area (Å²) < 4.78 is 5.09. The number of anilines is 2. The molecule has 0 fully saturated rings. The first-order chi connectivity index (χ1) is 9.95. The number of carboxylic acids is 1. The van der Waals surface area contributed by atoms with E-state index in [0.29, 0.717) is 11.4 Å². The van der Waals surface area contributed by atoms with E-state index in [-0.39, 0.29) is 6.54 Å². The van der Waals surface area contributed by atoms with Gasteiger partial charge in [0.25, 0.3) is 0 Å². The molecule has 1 atom stereocenters. The number of rotatable bonds is 5. The average molecular weight is 309 g/mol. The van der Waals surface area contributed by atoms with Crippen molar-refractivity contribution >= 4 is 23.3 Å². The van der Waals surface area contributed by atoms with Crippen LogP contribution in [0, 0.1) is 6.92 Å². The van der Waals surface area contributed by atoms with E-state index < -0.39 is 23.1 Å². The van der Waals surface area contributed by atoms with Gasteiger partial charge in [-0.3, -0.25) is 0 Å². The molecule has 7 nitrogen and oxygen atoms in total. The number of aliphatic carboxylic acids is 1. The van der Waals surface area contributed by atoms with Gasteiger partial charge in [-0.25, -0.2) is 9.59 Å². The van der Waals surface area contributed by atoms with E-state index in [2.05, 4.69) is 5.32 Å². The molecule has 0 saturated heterocycles. The Morgan fingerprint density at radius 1 is 1.32 bits per heavy atom. The minimum absolute atomic E-state index is 0.343. The van der Waals surface area contributed by atoms with E-state index in [1.54, 1.807) is 32.9 Å². The van der Waals surface area contributed by atoms with Gasteiger partial charge in [-0.2, -0.15) is 0 Å². The first-order valence-electron chi connectivity index (χ1n) is 6.81. The maximum Gasteiger partial charge on any atom is 0.340 e. The number of nitrogens with one attached hydrogen (secondary N) is 1. The molecule has 122 valence electrons. The van der Waals surface area contributed by atoms with Crippen molar-refractivity contribution in [2.75, 3.05) is 17.6 Å². The van der Waals surface area contributed by atoms with E-state index >= 15 is 0 Å². The fourth-order valence-electron chi connectivity index (χ4n) is 1.68. The first kappa shape index (κ1) is 17.8. The van der Waals surface area contributed by atoms with Gasteiger partial charge in [0.15, 0.2) is 0 Å². The van der Waals surface area contributed by atoms with Gasteiger partial charge in [-0.1, -0.05) is 6.07 Å². The number of hydrogen-bond acceptors (Lipinski definition) is 6. The van der Waals surface area contributed by atoms with Crippen LogP contribution >= 0.6 is 0 Å². The maximum absolute atomic E-state index is 12.1. The lowest BCUT2D eigenvalue weighted by molar-refractivity contribution is -0.168.